The second-order valence-electron chi connectivity index (χ2n) is 6.39. The first-order chi connectivity index (χ1) is 13.9. The van der Waals surface area contributed by atoms with Crippen molar-refractivity contribution in [3.63, 3.8) is 0 Å². The number of ether oxygens (including phenoxy) is 2. The normalized spacial score (nSPS) is 13.7. The van der Waals surface area contributed by atoms with Gasteiger partial charge in [-0.3, -0.25) is 14.6 Å². The van der Waals surface area contributed by atoms with Gasteiger partial charge >= 0.3 is 5.97 Å². The fraction of sp³-hybridized carbons (Fsp3) is 0.300. The van der Waals surface area contributed by atoms with Gasteiger partial charge in [-0.2, -0.15) is 0 Å². The Morgan fingerprint density at radius 3 is 2.17 bits per heavy atom. The highest BCUT2D eigenvalue weighted by Gasteiger charge is 2.28. The number of carbonyl (C=O) groups is 3. The molecule has 2 aromatic rings. The Hall–Kier alpha value is -3.62. The Labute approximate surface area is 167 Å². The van der Waals surface area contributed by atoms with Gasteiger partial charge in [0, 0.05) is 38.4 Å². The highest BCUT2D eigenvalue weighted by Crippen LogP contribution is 2.26. The van der Waals surface area contributed by atoms with E-state index < -0.39 is 5.97 Å². The van der Waals surface area contributed by atoms with Crippen LogP contribution in [-0.4, -0.2) is 78.1 Å². The molecule has 9 heteroatoms. The van der Waals surface area contributed by atoms with Gasteiger partial charge in [-0.1, -0.05) is 0 Å². The minimum absolute atomic E-state index is 0.00349. The molecule has 0 spiro atoms. The van der Waals surface area contributed by atoms with Crippen LogP contribution in [-0.2, 0) is 0 Å². The van der Waals surface area contributed by atoms with Gasteiger partial charge in [0.15, 0.2) is 0 Å². The molecule has 3 rings (SSSR count). The number of carboxylic acid groups (broad SMARTS) is 1. The number of amides is 2. The maximum absolute atomic E-state index is 12.9. The molecule has 152 valence electrons. The summed E-state index contributed by atoms with van der Waals surface area (Å²) < 4.78 is 10.5. The van der Waals surface area contributed by atoms with Crippen LogP contribution < -0.4 is 9.47 Å². The number of aromatic nitrogens is 1. The minimum Gasteiger partial charge on any atom is -0.497 e. The molecule has 1 aliphatic rings. The number of carbonyl (C=O) groups excluding carboxylic acids is 2. The number of carboxylic acids is 1. The Kier molecular flexibility index (Phi) is 5.96. The maximum Gasteiger partial charge on any atom is 0.335 e. The third-order valence-electron chi connectivity index (χ3n) is 4.72. The van der Waals surface area contributed by atoms with E-state index in [2.05, 4.69) is 4.98 Å². The summed E-state index contributed by atoms with van der Waals surface area (Å²) in [7, 11) is 3.02. The fourth-order valence-corrected chi connectivity index (χ4v) is 3.10. The topological polar surface area (TPSA) is 109 Å². The third kappa shape index (κ3) is 4.29. The number of rotatable bonds is 5. The molecular formula is C20H21N3O6. The number of benzene rings is 1. The molecule has 0 saturated carbocycles. The second-order valence-corrected chi connectivity index (χ2v) is 6.39. The van der Waals surface area contributed by atoms with Crippen LogP contribution in [0.25, 0.3) is 0 Å². The number of aromatic carboxylic acids is 1. The lowest BCUT2D eigenvalue weighted by Gasteiger charge is -2.34. The molecule has 0 atom stereocenters. The van der Waals surface area contributed by atoms with Crippen LogP contribution in [0.1, 0.15) is 31.2 Å². The summed E-state index contributed by atoms with van der Waals surface area (Å²) in [5.74, 6) is -0.664. The summed E-state index contributed by atoms with van der Waals surface area (Å²) in [5, 5.41) is 9.07. The molecule has 1 saturated heterocycles. The lowest BCUT2D eigenvalue weighted by Crippen LogP contribution is -2.50. The summed E-state index contributed by atoms with van der Waals surface area (Å²) in [6.45, 7) is 1.33. The summed E-state index contributed by atoms with van der Waals surface area (Å²) in [4.78, 5) is 43.8. The van der Waals surface area contributed by atoms with Crippen molar-refractivity contribution in [2.24, 2.45) is 0 Å². The number of hydrogen-bond acceptors (Lipinski definition) is 6. The van der Waals surface area contributed by atoms with E-state index in [1.807, 2.05) is 0 Å². The molecule has 1 fully saturated rings. The molecule has 0 radical (unpaired) electrons. The Bertz CT molecular complexity index is 938. The molecule has 9 nitrogen and oxygen atoms in total. The van der Waals surface area contributed by atoms with Gasteiger partial charge in [0.25, 0.3) is 11.8 Å². The van der Waals surface area contributed by atoms with E-state index in [1.165, 1.54) is 32.5 Å². The van der Waals surface area contributed by atoms with Gasteiger partial charge in [0.1, 0.15) is 17.2 Å². The van der Waals surface area contributed by atoms with Crippen molar-refractivity contribution in [3.05, 3.63) is 53.3 Å². The van der Waals surface area contributed by atoms with Crippen molar-refractivity contribution in [1.29, 1.82) is 0 Å². The third-order valence-corrected chi connectivity index (χ3v) is 4.72. The predicted molar refractivity (Wildman–Crippen MR) is 103 cm³/mol. The average molecular weight is 399 g/mol. The fourth-order valence-electron chi connectivity index (χ4n) is 3.10. The lowest BCUT2D eigenvalue weighted by atomic mass is 10.1. The monoisotopic (exact) mass is 399 g/mol. The van der Waals surface area contributed by atoms with Crippen LogP contribution >= 0.6 is 0 Å². The van der Waals surface area contributed by atoms with E-state index in [0.29, 0.717) is 43.2 Å². The molecule has 2 amide bonds. The number of nitrogens with zero attached hydrogens (tertiary/aromatic N) is 3. The largest absolute Gasteiger partial charge is 0.497 e. The number of hydrogen-bond donors (Lipinski definition) is 1. The first-order valence-corrected chi connectivity index (χ1v) is 8.94. The van der Waals surface area contributed by atoms with E-state index in [9.17, 15) is 14.4 Å². The van der Waals surface area contributed by atoms with E-state index in [1.54, 1.807) is 28.0 Å². The molecule has 0 aliphatic carbocycles. The smallest absolute Gasteiger partial charge is 0.335 e. The van der Waals surface area contributed by atoms with Gasteiger partial charge in [-0.25, -0.2) is 4.79 Å². The summed E-state index contributed by atoms with van der Waals surface area (Å²) in [6, 6.07) is 7.58. The van der Waals surface area contributed by atoms with Crippen LogP contribution in [0.3, 0.4) is 0 Å². The zero-order chi connectivity index (χ0) is 21.0. The highest BCUT2D eigenvalue weighted by atomic mass is 16.5. The average Bonchev–Trinajstić information content (AvgIpc) is 2.77. The van der Waals surface area contributed by atoms with Crippen molar-refractivity contribution in [2.45, 2.75) is 0 Å². The first-order valence-electron chi connectivity index (χ1n) is 8.94. The second kappa shape index (κ2) is 8.59. The zero-order valence-electron chi connectivity index (χ0n) is 16.1. The van der Waals surface area contributed by atoms with Crippen LogP contribution in [0.4, 0.5) is 0 Å². The summed E-state index contributed by atoms with van der Waals surface area (Å²) in [6.07, 6.45) is 1.30. The molecule has 1 N–H and O–H groups in total. The van der Waals surface area contributed by atoms with Crippen molar-refractivity contribution in [2.75, 3.05) is 40.4 Å². The molecule has 1 aromatic carbocycles. The van der Waals surface area contributed by atoms with Gasteiger partial charge in [-0.05, 0) is 24.3 Å². The number of methoxy groups -OCH3 is 2. The van der Waals surface area contributed by atoms with Crippen molar-refractivity contribution >= 4 is 17.8 Å². The predicted octanol–water partition coefficient (Wildman–Crippen LogP) is 1.40. The zero-order valence-corrected chi connectivity index (χ0v) is 16.1. The maximum atomic E-state index is 12.9. The highest BCUT2D eigenvalue weighted by molar-refractivity contribution is 5.98. The lowest BCUT2D eigenvalue weighted by molar-refractivity contribution is 0.0530. The van der Waals surface area contributed by atoms with Crippen LogP contribution in [0.2, 0.25) is 0 Å². The summed E-state index contributed by atoms with van der Waals surface area (Å²) in [5.41, 5.74) is 0.495. The van der Waals surface area contributed by atoms with E-state index in [-0.39, 0.29) is 23.1 Å². The first kappa shape index (κ1) is 20.1. The SMILES string of the molecule is COc1ccc(C(=O)N2CCN(C(=O)c3cc(C(=O)O)ccn3)CC2)c(OC)c1. The Morgan fingerprint density at radius 2 is 1.59 bits per heavy atom. The standard InChI is InChI=1S/C20H21N3O6/c1-28-14-3-4-15(17(12-14)29-2)18(24)22-7-9-23(10-8-22)19(25)16-11-13(20(26)27)5-6-21-16/h3-6,11-12H,7-10H2,1-2H3,(H,26,27). The van der Waals surface area contributed by atoms with E-state index in [4.69, 9.17) is 14.6 Å². The number of piperazine rings is 1. The van der Waals surface area contributed by atoms with Crippen molar-refractivity contribution < 1.29 is 29.0 Å². The summed E-state index contributed by atoms with van der Waals surface area (Å²) >= 11 is 0. The minimum atomic E-state index is -1.12. The Balaban J connectivity index is 1.67. The van der Waals surface area contributed by atoms with Crippen molar-refractivity contribution in [3.8, 4) is 11.5 Å². The van der Waals surface area contributed by atoms with Gasteiger partial charge in [0.2, 0.25) is 0 Å². The van der Waals surface area contributed by atoms with Crippen LogP contribution in [0.15, 0.2) is 36.5 Å². The Morgan fingerprint density at radius 1 is 0.931 bits per heavy atom. The number of pyridine rings is 1. The molecular weight excluding hydrogens is 378 g/mol. The molecule has 2 heterocycles. The van der Waals surface area contributed by atoms with Gasteiger partial charge in [-0.15, -0.1) is 0 Å². The molecule has 29 heavy (non-hydrogen) atoms. The molecule has 1 aromatic heterocycles. The van der Waals surface area contributed by atoms with Crippen molar-refractivity contribution in [1.82, 2.24) is 14.8 Å². The van der Waals surface area contributed by atoms with Gasteiger partial charge < -0.3 is 24.4 Å². The van der Waals surface area contributed by atoms with Crippen LogP contribution in [0, 0.1) is 0 Å². The van der Waals surface area contributed by atoms with Gasteiger partial charge in [0.05, 0.1) is 25.3 Å². The van der Waals surface area contributed by atoms with Crippen LogP contribution in [0.5, 0.6) is 11.5 Å². The quantitative estimate of drug-likeness (QED) is 0.809. The van der Waals surface area contributed by atoms with E-state index in [0.717, 1.165) is 0 Å². The molecule has 0 bridgehead atoms. The molecule has 1 aliphatic heterocycles. The van der Waals surface area contributed by atoms with E-state index >= 15 is 0 Å². The molecule has 0 unspecified atom stereocenters.